The van der Waals surface area contributed by atoms with Crippen molar-refractivity contribution in [2.24, 2.45) is 5.92 Å². The van der Waals surface area contributed by atoms with Crippen LogP contribution in [0.3, 0.4) is 0 Å². The van der Waals surface area contributed by atoms with Crippen molar-refractivity contribution < 1.29 is 0 Å². The molecule has 3 rings (SSSR count). The van der Waals surface area contributed by atoms with Gasteiger partial charge >= 0.3 is 0 Å². The summed E-state index contributed by atoms with van der Waals surface area (Å²) < 4.78 is 1.24. The Labute approximate surface area is 106 Å². The van der Waals surface area contributed by atoms with Crippen LogP contribution in [0.15, 0.2) is 24.3 Å². The van der Waals surface area contributed by atoms with Crippen LogP contribution in [-0.2, 0) is 0 Å². The molecule has 1 aliphatic carbocycles. The fourth-order valence-electron chi connectivity index (χ4n) is 2.34. The molecule has 86 valence electrons. The van der Waals surface area contributed by atoms with Crippen molar-refractivity contribution >= 4 is 21.6 Å². The van der Waals surface area contributed by atoms with E-state index in [2.05, 4.69) is 35.0 Å². The summed E-state index contributed by atoms with van der Waals surface area (Å²) in [7, 11) is 0. The Morgan fingerprint density at radius 1 is 1.12 bits per heavy atom. The van der Waals surface area contributed by atoms with E-state index < -0.39 is 0 Å². The molecular formula is C15H15NS. The van der Waals surface area contributed by atoms with E-state index in [0.29, 0.717) is 5.92 Å². The molecule has 1 saturated carbocycles. The van der Waals surface area contributed by atoms with Gasteiger partial charge in [-0.25, -0.2) is 4.98 Å². The highest BCUT2D eigenvalue weighted by Crippen LogP contribution is 2.24. The summed E-state index contributed by atoms with van der Waals surface area (Å²) in [6, 6.07) is 8.25. The predicted molar refractivity (Wildman–Crippen MR) is 73.1 cm³/mol. The zero-order chi connectivity index (χ0) is 11.5. The van der Waals surface area contributed by atoms with Crippen LogP contribution in [0.4, 0.5) is 0 Å². The third-order valence-electron chi connectivity index (χ3n) is 3.28. The Morgan fingerprint density at radius 2 is 1.94 bits per heavy atom. The third-order valence-corrected chi connectivity index (χ3v) is 4.23. The van der Waals surface area contributed by atoms with Gasteiger partial charge in [0.2, 0.25) is 0 Å². The van der Waals surface area contributed by atoms with Gasteiger partial charge in [-0.2, -0.15) is 0 Å². The van der Waals surface area contributed by atoms with Crippen LogP contribution in [-0.4, -0.2) is 4.98 Å². The first-order valence-corrected chi connectivity index (χ1v) is 7.10. The average Bonchev–Trinajstić information content (AvgIpc) is 2.80. The minimum absolute atomic E-state index is 0.607. The highest BCUT2D eigenvalue weighted by molar-refractivity contribution is 7.19. The van der Waals surface area contributed by atoms with Gasteiger partial charge in [-0.1, -0.05) is 37.3 Å². The SMILES string of the molecule is C(#CC1CCCCC1)c1nc2ccccc2s1. The van der Waals surface area contributed by atoms with Crippen LogP contribution in [0.5, 0.6) is 0 Å². The normalized spacial score (nSPS) is 16.7. The van der Waals surface area contributed by atoms with Crippen LogP contribution < -0.4 is 0 Å². The van der Waals surface area contributed by atoms with Crippen molar-refractivity contribution in [3.8, 4) is 11.8 Å². The van der Waals surface area contributed by atoms with E-state index in [-0.39, 0.29) is 0 Å². The zero-order valence-corrected chi connectivity index (χ0v) is 10.6. The molecule has 1 aromatic carbocycles. The molecule has 0 spiro atoms. The number of benzene rings is 1. The Kier molecular flexibility index (Phi) is 3.11. The minimum Gasteiger partial charge on any atom is -0.228 e. The lowest BCUT2D eigenvalue weighted by atomic mass is 9.90. The Balaban J connectivity index is 1.82. The highest BCUT2D eigenvalue weighted by Gasteiger charge is 2.10. The number of nitrogens with zero attached hydrogens (tertiary/aromatic N) is 1. The van der Waals surface area contributed by atoms with E-state index in [1.165, 1.54) is 36.8 Å². The first kappa shape index (κ1) is 10.8. The molecule has 1 fully saturated rings. The van der Waals surface area contributed by atoms with Crippen molar-refractivity contribution in [1.29, 1.82) is 0 Å². The number of aromatic nitrogens is 1. The summed E-state index contributed by atoms with van der Waals surface area (Å²) in [5.74, 6) is 7.27. The monoisotopic (exact) mass is 241 g/mol. The van der Waals surface area contributed by atoms with Crippen LogP contribution in [0, 0.1) is 17.8 Å². The summed E-state index contributed by atoms with van der Waals surface area (Å²) in [6.45, 7) is 0. The Bertz CT molecular complexity index is 534. The summed E-state index contributed by atoms with van der Waals surface area (Å²) in [5, 5.41) is 0.969. The quantitative estimate of drug-likeness (QED) is 0.629. The molecule has 17 heavy (non-hydrogen) atoms. The number of fused-ring (bicyclic) bond motifs is 1. The lowest BCUT2D eigenvalue weighted by molar-refractivity contribution is 0.430. The first-order valence-electron chi connectivity index (χ1n) is 6.29. The summed E-state index contributed by atoms with van der Waals surface area (Å²) in [4.78, 5) is 4.54. The van der Waals surface area contributed by atoms with Crippen LogP contribution >= 0.6 is 11.3 Å². The molecule has 2 heteroatoms. The molecule has 0 aliphatic heterocycles. The standard InChI is InChI=1S/C15H15NS/c1-2-6-12(7-3-1)10-11-15-16-13-8-4-5-9-14(13)17-15/h4-5,8-9,12H,1-3,6-7H2. The van der Waals surface area contributed by atoms with Gasteiger partial charge in [-0.15, -0.1) is 11.3 Å². The molecule has 0 atom stereocenters. The largest absolute Gasteiger partial charge is 0.228 e. The summed E-state index contributed by atoms with van der Waals surface area (Å²) in [6.07, 6.45) is 6.63. The molecule has 0 saturated heterocycles. The van der Waals surface area contributed by atoms with Gasteiger partial charge in [0.1, 0.15) is 0 Å². The second-order valence-corrected chi connectivity index (χ2v) is 5.62. The topological polar surface area (TPSA) is 12.9 Å². The Hall–Kier alpha value is -1.33. The number of para-hydroxylation sites is 1. The molecule has 0 radical (unpaired) electrons. The molecule has 1 nitrogen and oxygen atoms in total. The third kappa shape index (κ3) is 2.50. The van der Waals surface area contributed by atoms with Crippen molar-refractivity contribution in [2.75, 3.05) is 0 Å². The van der Waals surface area contributed by atoms with Gasteiger partial charge in [0.05, 0.1) is 10.2 Å². The molecule has 1 aliphatic rings. The average molecular weight is 241 g/mol. The molecule has 2 aromatic rings. The second kappa shape index (κ2) is 4.89. The van der Waals surface area contributed by atoms with Gasteiger partial charge in [0.15, 0.2) is 5.01 Å². The predicted octanol–water partition coefficient (Wildman–Crippen LogP) is 4.23. The number of thiazole rings is 1. The van der Waals surface area contributed by atoms with Crippen LogP contribution in [0.2, 0.25) is 0 Å². The van der Waals surface area contributed by atoms with Gasteiger partial charge < -0.3 is 0 Å². The molecule has 1 heterocycles. The van der Waals surface area contributed by atoms with E-state index in [1.54, 1.807) is 11.3 Å². The van der Waals surface area contributed by atoms with E-state index in [1.807, 2.05) is 6.07 Å². The van der Waals surface area contributed by atoms with Gasteiger partial charge in [0.25, 0.3) is 0 Å². The Morgan fingerprint density at radius 3 is 2.76 bits per heavy atom. The van der Waals surface area contributed by atoms with Crippen molar-refractivity contribution in [3.63, 3.8) is 0 Å². The van der Waals surface area contributed by atoms with E-state index in [4.69, 9.17) is 0 Å². The van der Waals surface area contributed by atoms with Crippen molar-refractivity contribution in [1.82, 2.24) is 4.98 Å². The van der Waals surface area contributed by atoms with E-state index in [9.17, 15) is 0 Å². The number of rotatable bonds is 0. The van der Waals surface area contributed by atoms with Gasteiger partial charge in [-0.05, 0) is 30.9 Å². The highest BCUT2D eigenvalue weighted by atomic mass is 32.1. The molecular weight excluding hydrogens is 226 g/mol. The van der Waals surface area contributed by atoms with E-state index >= 15 is 0 Å². The molecule has 0 N–H and O–H groups in total. The molecule has 1 aromatic heterocycles. The summed E-state index contributed by atoms with van der Waals surface area (Å²) in [5.41, 5.74) is 1.07. The maximum absolute atomic E-state index is 4.54. The molecule has 0 bridgehead atoms. The van der Waals surface area contributed by atoms with Gasteiger partial charge in [-0.3, -0.25) is 0 Å². The minimum atomic E-state index is 0.607. The lowest BCUT2D eigenvalue weighted by Crippen LogP contribution is -2.02. The first-order chi connectivity index (χ1) is 8.42. The van der Waals surface area contributed by atoms with Crippen LogP contribution in [0.25, 0.3) is 10.2 Å². The van der Waals surface area contributed by atoms with Gasteiger partial charge in [0, 0.05) is 5.92 Å². The lowest BCUT2D eigenvalue weighted by Gasteiger charge is -2.15. The van der Waals surface area contributed by atoms with Crippen molar-refractivity contribution in [3.05, 3.63) is 29.3 Å². The maximum atomic E-state index is 4.54. The fraction of sp³-hybridized carbons (Fsp3) is 0.400. The zero-order valence-electron chi connectivity index (χ0n) is 9.78. The van der Waals surface area contributed by atoms with Crippen molar-refractivity contribution in [2.45, 2.75) is 32.1 Å². The maximum Gasteiger partial charge on any atom is 0.168 e. The van der Waals surface area contributed by atoms with E-state index in [0.717, 1.165) is 10.5 Å². The molecule has 0 unspecified atom stereocenters. The fourth-order valence-corrected chi connectivity index (χ4v) is 3.16. The smallest absolute Gasteiger partial charge is 0.168 e. The number of hydrogen-bond acceptors (Lipinski definition) is 2. The van der Waals surface area contributed by atoms with Crippen LogP contribution in [0.1, 0.15) is 37.1 Å². The summed E-state index contributed by atoms with van der Waals surface area (Å²) >= 11 is 1.70. The molecule has 0 amide bonds. The second-order valence-electron chi connectivity index (χ2n) is 4.59. The number of hydrogen-bond donors (Lipinski definition) is 0.